The molecular formula is C20H15Cl2F6N3. The second-order valence-corrected chi connectivity index (χ2v) is 7.17. The van der Waals surface area contributed by atoms with E-state index >= 15 is 0 Å². The van der Waals surface area contributed by atoms with Crippen LogP contribution < -0.4 is 5.01 Å². The number of alkyl halides is 6. The Balaban J connectivity index is 2.49. The van der Waals surface area contributed by atoms with Crippen molar-refractivity contribution >= 4 is 48.0 Å². The fraction of sp³-hybridized carbons (Fsp3) is 0.200. The van der Waals surface area contributed by atoms with E-state index in [-0.39, 0.29) is 26.9 Å². The van der Waals surface area contributed by atoms with Gasteiger partial charge < -0.3 is 0 Å². The molecule has 0 N–H and O–H groups in total. The van der Waals surface area contributed by atoms with Crippen LogP contribution in [0.15, 0.2) is 52.6 Å². The van der Waals surface area contributed by atoms with Gasteiger partial charge in [-0.3, -0.25) is 10.0 Å². The highest BCUT2D eigenvalue weighted by Gasteiger charge is 2.39. The Hall–Kier alpha value is -2.52. The summed E-state index contributed by atoms with van der Waals surface area (Å²) in [6.07, 6.45) is -6.82. The van der Waals surface area contributed by atoms with Gasteiger partial charge in [-0.1, -0.05) is 41.4 Å². The second kappa shape index (κ2) is 9.74. The van der Waals surface area contributed by atoms with Crippen LogP contribution in [0.1, 0.15) is 22.6 Å². The molecule has 11 heteroatoms. The monoisotopic (exact) mass is 481 g/mol. The number of hydrogen-bond donors (Lipinski definition) is 0. The Bertz CT molecular complexity index is 979. The molecule has 0 fully saturated rings. The van der Waals surface area contributed by atoms with E-state index in [1.807, 2.05) is 0 Å². The molecule has 0 aliphatic rings. The number of nitrogens with zero attached hydrogens (tertiary/aromatic N) is 3. The first-order valence-corrected chi connectivity index (χ1v) is 9.22. The molecule has 166 valence electrons. The van der Waals surface area contributed by atoms with Gasteiger partial charge in [0.1, 0.15) is 6.34 Å². The lowest BCUT2D eigenvalue weighted by atomic mass is 9.96. The summed E-state index contributed by atoms with van der Waals surface area (Å²) >= 11 is 11.6. The lowest BCUT2D eigenvalue weighted by molar-refractivity contribution is -0.139. The van der Waals surface area contributed by atoms with Crippen LogP contribution in [0, 0.1) is 0 Å². The maximum atomic E-state index is 13.6. The van der Waals surface area contributed by atoms with Crippen molar-refractivity contribution in [3.05, 3.63) is 69.2 Å². The van der Waals surface area contributed by atoms with E-state index in [1.54, 1.807) is 0 Å². The van der Waals surface area contributed by atoms with E-state index in [2.05, 4.69) is 16.8 Å². The first-order chi connectivity index (χ1) is 14.3. The summed E-state index contributed by atoms with van der Waals surface area (Å²) in [6.45, 7) is 3.14. The molecule has 1 unspecified atom stereocenters. The minimum absolute atomic E-state index is 0.00599. The molecule has 0 aliphatic heterocycles. The Labute approximate surface area is 184 Å². The van der Waals surface area contributed by atoms with Gasteiger partial charge >= 0.3 is 12.4 Å². The highest BCUT2D eigenvalue weighted by molar-refractivity contribution is 6.34. The predicted molar refractivity (Wildman–Crippen MR) is 112 cm³/mol. The van der Waals surface area contributed by atoms with Crippen molar-refractivity contribution in [1.29, 1.82) is 0 Å². The van der Waals surface area contributed by atoms with E-state index in [9.17, 15) is 26.3 Å². The number of aliphatic imine (C=N–C) groups is 1. The smallest absolute Gasteiger partial charge is 0.267 e. The Kier molecular flexibility index (Phi) is 7.77. The van der Waals surface area contributed by atoms with Gasteiger partial charge in [-0.2, -0.15) is 31.4 Å². The van der Waals surface area contributed by atoms with E-state index in [4.69, 9.17) is 23.2 Å². The van der Waals surface area contributed by atoms with Gasteiger partial charge in [0.2, 0.25) is 0 Å². The summed E-state index contributed by atoms with van der Waals surface area (Å²) in [5.74, 6) is -2.12. The largest absolute Gasteiger partial charge is 0.418 e. The van der Waals surface area contributed by atoms with Crippen molar-refractivity contribution in [2.24, 2.45) is 10.1 Å². The van der Waals surface area contributed by atoms with Gasteiger partial charge in [-0.25, -0.2) is 0 Å². The second-order valence-electron chi connectivity index (χ2n) is 6.29. The number of allylic oxidation sites excluding steroid dienone is 1. The van der Waals surface area contributed by atoms with Crippen LogP contribution in [0.4, 0.5) is 32.0 Å². The summed E-state index contributed by atoms with van der Waals surface area (Å²) in [5.41, 5.74) is -1.70. The summed E-state index contributed by atoms with van der Waals surface area (Å²) < 4.78 is 81.2. The predicted octanol–water partition coefficient (Wildman–Crippen LogP) is 7.45. The minimum Gasteiger partial charge on any atom is -0.267 e. The van der Waals surface area contributed by atoms with Crippen LogP contribution in [-0.2, 0) is 6.18 Å². The third-order valence-corrected chi connectivity index (χ3v) is 4.50. The molecule has 2 aromatic rings. The van der Waals surface area contributed by atoms with Crippen molar-refractivity contribution < 1.29 is 26.3 Å². The highest BCUT2D eigenvalue weighted by atomic mass is 35.5. The normalized spacial score (nSPS) is 13.7. The molecule has 0 spiro atoms. The van der Waals surface area contributed by atoms with Crippen LogP contribution in [0.5, 0.6) is 0 Å². The topological polar surface area (TPSA) is 28.0 Å². The molecule has 0 amide bonds. The van der Waals surface area contributed by atoms with E-state index < -0.39 is 23.8 Å². The first kappa shape index (κ1) is 24.7. The quantitative estimate of drug-likeness (QED) is 0.182. The van der Waals surface area contributed by atoms with E-state index in [0.29, 0.717) is 0 Å². The third kappa shape index (κ3) is 6.73. The SMILES string of the molecule is C=N/C=N\N(C)c1ccc(/C=C/C(c2cc(Cl)cc(Cl)c2)C(F)(F)F)cc1C(F)(F)F. The Morgan fingerprint density at radius 2 is 1.61 bits per heavy atom. The fourth-order valence-electron chi connectivity index (χ4n) is 2.71. The van der Waals surface area contributed by atoms with Crippen molar-refractivity contribution in [1.82, 2.24) is 0 Å². The van der Waals surface area contributed by atoms with Crippen LogP contribution in [0.2, 0.25) is 10.0 Å². The maximum absolute atomic E-state index is 13.6. The van der Waals surface area contributed by atoms with Crippen molar-refractivity contribution in [2.75, 3.05) is 12.1 Å². The Morgan fingerprint density at radius 3 is 2.13 bits per heavy atom. The molecule has 0 radical (unpaired) electrons. The van der Waals surface area contributed by atoms with Gasteiger partial charge in [0.05, 0.1) is 17.2 Å². The van der Waals surface area contributed by atoms with Gasteiger partial charge in [0, 0.05) is 17.1 Å². The average Bonchev–Trinajstić information content (AvgIpc) is 2.63. The molecule has 31 heavy (non-hydrogen) atoms. The third-order valence-electron chi connectivity index (χ3n) is 4.06. The highest BCUT2D eigenvalue weighted by Crippen LogP contribution is 2.40. The number of benzene rings is 2. The lowest BCUT2D eigenvalue weighted by Gasteiger charge is -2.20. The van der Waals surface area contributed by atoms with E-state index in [1.165, 1.54) is 19.2 Å². The summed E-state index contributed by atoms with van der Waals surface area (Å²) in [5, 5.41) is 4.61. The zero-order valence-corrected chi connectivity index (χ0v) is 17.4. The van der Waals surface area contributed by atoms with Gasteiger partial charge in [0.15, 0.2) is 0 Å². The molecule has 0 saturated carbocycles. The number of rotatable bonds is 6. The molecule has 1 atom stereocenters. The summed E-state index contributed by atoms with van der Waals surface area (Å²) in [7, 11) is 1.27. The van der Waals surface area contributed by atoms with Gasteiger partial charge in [-0.15, -0.1) is 0 Å². The lowest BCUT2D eigenvalue weighted by Crippen LogP contribution is -2.19. The molecule has 2 rings (SSSR count). The van der Waals surface area contributed by atoms with Crippen LogP contribution in [0.25, 0.3) is 6.08 Å². The Morgan fingerprint density at radius 1 is 1.00 bits per heavy atom. The number of halogens is 8. The first-order valence-electron chi connectivity index (χ1n) is 8.47. The summed E-state index contributed by atoms with van der Waals surface area (Å²) in [6, 6.07) is 6.55. The van der Waals surface area contributed by atoms with Crippen LogP contribution >= 0.6 is 23.2 Å². The van der Waals surface area contributed by atoms with Gasteiger partial charge in [-0.05, 0) is 48.2 Å². The fourth-order valence-corrected chi connectivity index (χ4v) is 3.26. The number of hydrogen-bond acceptors (Lipinski definition) is 2. The van der Waals surface area contributed by atoms with Crippen LogP contribution in [-0.4, -0.2) is 26.3 Å². The maximum Gasteiger partial charge on any atom is 0.418 e. The van der Waals surface area contributed by atoms with Gasteiger partial charge in [0.25, 0.3) is 0 Å². The van der Waals surface area contributed by atoms with Crippen molar-refractivity contribution in [3.8, 4) is 0 Å². The zero-order valence-electron chi connectivity index (χ0n) is 15.8. The number of anilines is 1. The average molecular weight is 482 g/mol. The molecular weight excluding hydrogens is 467 g/mol. The van der Waals surface area contributed by atoms with Crippen molar-refractivity contribution in [3.63, 3.8) is 0 Å². The molecule has 0 saturated heterocycles. The molecule has 0 bridgehead atoms. The molecule has 0 aliphatic carbocycles. The molecule has 2 aromatic carbocycles. The molecule has 3 nitrogen and oxygen atoms in total. The van der Waals surface area contributed by atoms with Crippen LogP contribution in [0.3, 0.4) is 0 Å². The minimum atomic E-state index is -4.77. The molecule has 0 aromatic heterocycles. The molecule has 0 heterocycles. The number of hydrazone groups is 1. The van der Waals surface area contributed by atoms with E-state index in [0.717, 1.165) is 47.8 Å². The zero-order chi connectivity index (χ0) is 23.4. The van der Waals surface area contributed by atoms with Crippen molar-refractivity contribution in [2.45, 2.75) is 18.3 Å². The standard InChI is InChI=1S/C20H15Cl2F6N3/c1-29-11-30-31(2)18-6-4-12(7-17(18)20(26,27)28)3-5-16(19(23,24)25)13-8-14(21)10-15(22)9-13/h3-11,16H,1H2,2H3/b5-3+,30-11-. The summed E-state index contributed by atoms with van der Waals surface area (Å²) in [4.78, 5) is 3.32.